The van der Waals surface area contributed by atoms with Gasteiger partial charge in [0, 0.05) is 18.1 Å². The molecule has 0 radical (unpaired) electrons. The molecule has 0 fully saturated rings. The van der Waals surface area contributed by atoms with Crippen LogP contribution in [0.4, 0.5) is 5.69 Å². The van der Waals surface area contributed by atoms with Crippen molar-refractivity contribution in [3.63, 3.8) is 0 Å². The van der Waals surface area contributed by atoms with E-state index in [0.717, 1.165) is 13.1 Å². The van der Waals surface area contributed by atoms with Gasteiger partial charge in [-0.15, -0.1) is 0 Å². The molecule has 1 aromatic rings. The molecule has 0 aliphatic heterocycles. The highest BCUT2D eigenvalue weighted by Gasteiger charge is 2.19. The van der Waals surface area contributed by atoms with E-state index < -0.39 is 0 Å². The molecule has 6 nitrogen and oxygen atoms in total. The molecule has 27 heavy (non-hydrogen) atoms. The van der Waals surface area contributed by atoms with Crippen LogP contribution >= 0.6 is 11.6 Å². The predicted molar refractivity (Wildman–Crippen MR) is 110 cm³/mol. The number of methoxy groups -OCH3 is 1. The molecular weight excluding hydrogens is 366 g/mol. The summed E-state index contributed by atoms with van der Waals surface area (Å²) >= 11 is 5.98. The molecule has 0 saturated carbocycles. The number of hydrogen-bond donors (Lipinski definition) is 1. The second kappa shape index (κ2) is 11.1. The molecule has 0 aliphatic carbocycles. The molecule has 0 unspecified atom stereocenters. The zero-order valence-electron chi connectivity index (χ0n) is 17.2. The van der Waals surface area contributed by atoms with Gasteiger partial charge in [-0.2, -0.15) is 0 Å². The SMILES string of the molecule is COc1ccc(Cl)cc1NC(=O)CN(C)CC(=O)N(CC(C)C)CC(C)C. The van der Waals surface area contributed by atoms with Crippen LogP contribution in [0.5, 0.6) is 5.75 Å². The third-order valence-corrected chi connectivity index (χ3v) is 4.01. The number of nitrogens with one attached hydrogen (secondary N) is 1. The number of nitrogens with zero attached hydrogens (tertiary/aromatic N) is 2. The Labute approximate surface area is 167 Å². The lowest BCUT2D eigenvalue weighted by molar-refractivity contribution is -0.133. The average molecular weight is 398 g/mol. The van der Waals surface area contributed by atoms with E-state index in [1.165, 1.54) is 7.11 Å². The van der Waals surface area contributed by atoms with E-state index in [1.54, 1.807) is 30.1 Å². The zero-order valence-corrected chi connectivity index (χ0v) is 18.0. The molecule has 0 aromatic heterocycles. The Balaban J connectivity index is 2.64. The summed E-state index contributed by atoms with van der Waals surface area (Å²) < 4.78 is 5.23. The maximum atomic E-state index is 12.6. The zero-order chi connectivity index (χ0) is 20.6. The van der Waals surface area contributed by atoms with E-state index in [1.807, 2.05) is 4.90 Å². The monoisotopic (exact) mass is 397 g/mol. The molecule has 1 aromatic carbocycles. The summed E-state index contributed by atoms with van der Waals surface area (Å²) in [5.74, 6) is 1.14. The summed E-state index contributed by atoms with van der Waals surface area (Å²) in [4.78, 5) is 28.5. The number of likely N-dealkylation sites (N-methyl/N-ethyl adjacent to an activating group) is 1. The fourth-order valence-electron chi connectivity index (χ4n) is 2.76. The Bertz CT molecular complexity index is 625. The Hall–Kier alpha value is -1.79. The predicted octanol–water partition coefficient (Wildman–Crippen LogP) is 3.36. The van der Waals surface area contributed by atoms with Gasteiger partial charge in [-0.3, -0.25) is 14.5 Å². The van der Waals surface area contributed by atoms with Crippen molar-refractivity contribution >= 4 is 29.1 Å². The quantitative estimate of drug-likeness (QED) is 0.657. The number of amides is 2. The van der Waals surface area contributed by atoms with Gasteiger partial charge in [0.2, 0.25) is 11.8 Å². The van der Waals surface area contributed by atoms with Gasteiger partial charge in [-0.25, -0.2) is 0 Å². The second-order valence-electron chi connectivity index (χ2n) is 7.65. The first-order valence-corrected chi connectivity index (χ1v) is 9.59. The van der Waals surface area contributed by atoms with Crippen molar-refractivity contribution in [2.24, 2.45) is 11.8 Å². The first-order valence-electron chi connectivity index (χ1n) is 9.22. The van der Waals surface area contributed by atoms with Crippen LogP contribution in [0.25, 0.3) is 0 Å². The molecule has 0 heterocycles. The fourth-order valence-corrected chi connectivity index (χ4v) is 2.93. The van der Waals surface area contributed by atoms with Crippen LogP contribution < -0.4 is 10.1 Å². The van der Waals surface area contributed by atoms with Gasteiger partial charge >= 0.3 is 0 Å². The van der Waals surface area contributed by atoms with Gasteiger partial charge in [0.25, 0.3) is 0 Å². The maximum absolute atomic E-state index is 12.6. The molecule has 7 heteroatoms. The molecule has 1 rings (SSSR count). The van der Waals surface area contributed by atoms with E-state index in [9.17, 15) is 9.59 Å². The van der Waals surface area contributed by atoms with E-state index >= 15 is 0 Å². The van der Waals surface area contributed by atoms with Crippen molar-refractivity contribution in [3.05, 3.63) is 23.2 Å². The lowest BCUT2D eigenvalue weighted by Crippen LogP contribution is -2.44. The van der Waals surface area contributed by atoms with Crippen molar-refractivity contribution < 1.29 is 14.3 Å². The first-order chi connectivity index (χ1) is 12.6. The number of ether oxygens (including phenoxy) is 1. The molecule has 152 valence electrons. The van der Waals surface area contributed by atoms with Crippen LogP contribution in [0.1, 0.15) is 27.7 Å². The second-order valence-corrected chi connectivity index (χ2v) is 8.09. The number of anilines is 1. The standard InChI is InChI=1S/C20H32ClN3O3/c1-14(2)10-24(11-15(3)4)20(26)13-23(5)12-19(25)22-17-9-16(21)7-8-18(17)27-6/h7-9,14-15H,10-13H2,1-6H3,(H,22,25). The number of hydrogen-bond acceptors (Lipinski definition) is 4. The minimum Gasteiger partial charge on any atom is -0.495 e. The van der Waals surface area contributed by atoms with Crippen molar-refractivity contribution in [1.82, 2.24) is 9.80 Å². The van der Waals surface area contributed by atoms with Gasteiger partial charge in [0.1, 0.15) is 5.75 Å². The number of carbonyl (C=O) groups excluding carboxylic acids is 2. The van der Waals surface area contributed by atoms with Crippen molar-refractivity contribution in [2.75, 3.05) is 45.7 Å². The van der Waals surface area contributed by atoms with Crippen LogP contribution in [0.15, 0.2) is 18.2 Å². The minimum absolute atomic E-state index is 0.0352. The third kappa shape index (κ3) is 8.63. The smallest absolute Gasteiger partial charge is 0.238 e. The highest BCUT2D eigenvalue weighted by molar-refractivity contribution is 6.31. The highest BCUT2D eigenvalue weighted by Crippen LogP contribution is 2.27. The van der Waals surface area contributed by atoms with Gasteiger partial charge in [0.05, 0.1) is 25.9 Å². The number of rotatable bonds is 10. The molecule has 2 amide bonds. The normalized spacial score (nSPS) is 11.2. The van der Waals surface area contributed by atoms with Crippen molar-refractivity contribution in [3.8, 4) is 5.75 Å². The summed E-state index contributed by atoms with van der Waals surface area (Å²) in [6, 6.07) is 5.02. The molecule has 1 N–H and O–H groups in total. The topological polar surface area (TPSA) is 61.9 Å². The van der Waals surface area contributed by atoms with E-state index in [0.29, 0.717) is 28.3 Å². The number of carbonyl (C=O) groups is 2. The first kappa shape index (κ1) is 23.2. The largest absolute Gasteiger partial charge is 0.495 e. The Morgan fingerprint density at radius 2 is 1.70 bits per heavy atom. The molecular formula is C20H32ClN3O3. The third-order valence-electron chi connectivity index (χ3n) is 3.78. The van der Waals surface area contributed by atoms with Gasteiger partial charge < -0.3 is 15.0 Å². The van der Waals surface area contributed by atoms with E-state index in [4.69, 9.17) is 16.3 Å². The van der Waals surface area contributed by atoms with E-state index in [2.05, 4.69) is 33.0 Å². The van der Waals surface area contributed by atoms with Crippen LogP contribution in [0.3, 0.4) is 0 Å². The van der Waals surface area contributed by atoms with Gasteiger partial charge in [0.15, 0.2) is 0 Å². The summed E-state index contributed by atoms with van der Waals surface area (Å²) in [5, 5.41) is 3.29. The molecule has 0 aliphatic rings. The maximum Gasteiger partial charge on any atom is 0.238 e. The molecule has 0 bridgehead atoms. The highest BCUT2D eigenvalue weighted by atomic mass is 35.5. The summed E-state index contributed by atoms with van der Waals surface area (Å²) in [7, 11) is 3.29. The minimum atomic E-state index is -0.231. The summed E-state index contributed by atoms with van der Waals surface area (Å²) in [6.45, 7) is 10.1. The van der Waals surface area contributed by atoms with Gasteiger partial charge in [-0.1, -0.05) is 39.3 Å². The van der Waals surface area contributed by atoms with Crippen LogP contribution in [0, 0.1) is 11.8 Å². The molecule has 0 spiro atoms. The Kier molecular flexibility index (Phi) is 9.60. The lowest BCUT2D eigenvalue weighted by Gasteiger charge is -2.28. The van der Waals surface area contributed by atoms with E-state index in [-0.39, 0.29) is 24.9 Å². The number of halogens is 1. The van der Waals surface area contributed by atoms with Crippen LogP contribution in [-0.2, 0) is 9.59 Å². The van der Waals surface area contributed by atoms with Gasteiger partial charge in [-0.05, 0) is 37.1 Å². The Morgan fingerprint density at radius 3 is 2.22 bits per heavy atom. The lowest BCUT2D eigenvalue weighted by atomic mass is 10.1. The van der Waals surface area contributed by atoms with Crippen LogP contribution in [0.2, 0.25) is 5.02 Å². The summed E-state index contributed by atoms with van der Waals surface area (Å²) in [6.07, 6.45) is 0. The summed E-state index contributed by atoms with van der Waals surface area (Å²) in [5.41, 5.74) is 0.510. The molecule has 0 saturated heterocycles. The average Bonchev–Trinajstić information content (AvgIpc) is 2.53. The fraction of sp³-hybridized carbons (Fsp3) is 0.600. The number of benzene rings is 1. The molecule has 0 atom stereocenters. The van der Waals surface area contributed by atoms with Crippen molar-refractivity contribution in [1.29, 1.82) is 0 Å². The van der Waals surface area contributed by atoms with Crippen LogP contribution in [-0.4, -0.2) is 62.0 Å². The van der Waals surface area contributed by atoms with Crippen molar-refractivity contribution in [2.45, 2.75) is 27.7 Å². The Morgan fingerprint density at radius 1 is 1.11 bits per heavy atom.